The molecule has 3 rings (SSSR count). The smallest absolute Gasteiger partial charge is 0.0757 e. The SMILES string of the molecule is C1CCN2OCC3(CC3)C2C1. The second kappa shape index (κ2) is 1.99. The van der Waals surface area contributed by atoms with Crippen LogP contribution in [0.4, 0.5) is 0 Å². The first-order valence-corrected chi connectivity index (χ1v) is 4.80. The molecule has 0 N–H and O–H groups in total. The van der Waals surface area contributed by atoms with Crippen LogP contribution in [0, 0.1) is 5.41 Å². The van der Waals surface area contributed by atoms with Crippen LogP contribution in [0.1, 0.15) is 32.1 Å². The second-order valence-corrected chi connectivity index (χ2v) is 4.29. The molecule has 1 spiro atoms. The van der Waals surface area contributed by atoms with Crippen molar-refractivity contribution in [3.05, 3.63) is 0 Å². The van der Waals surface area contributed by atoms with E-state index in [0.29, 0.717) is 5.41 Å². The van der Waals surface area contributed by atoms with Gasteiger partial charge in [0.1, 0.15) is 0 Å². The highest BCUT2D eigenvalue weighted by Gasteiger charge is 2.56. The number of rotatable bonds is 0. The average Bonchev–Trinajstić information content (AvgIpc) is 2.72. The molecule has 2 aliphatic heterocycles. The summed E-state index contributed by atoms with van der Waals surface area (Å²) in [6.07, 6.45) is 7.00. The van der Waals surface area contributed by atoms with Gasteiger partial charge in [0, 0.05) is 18.0 Å². The first-order valence-electron chi connectivity index (χ1n) is 4.80. The van der Waals surface area contributed by atoms with Crippen molar-refractivity contribution in [3.8, 4) is 0 Å². The molecule has 2 nitrogen and oxygen atoms in total. The third-order valence-corrected chi connectivity index (χ3v) is 3.57. The van der Waals surface area contributed by atoms with Crippen molar-refractivity contribution < 1.29 is 4.84 Å². The Morgan fingerprint density at radius 3 is 3.00 bits per heavy atom. The molecule has 0 amide bonds. The Kier molecular flexibility index (Phi) is 1.16. The Hall–Kier alpha value is -0.0800. The number of hydroxylamine groups is 2. The zero-order valence-corrected chi connectivity index (χ0v) is 6.88. The van der Waals surface area contributed by atoms with Crippen LogP contribution in [0.15, 0.2) is 0 Å². The molecule has 0 aromatic carbocycles. The van der Waals surface area contributed by atoms with Gasteiger partial charge in [0.05, 0.1) is 6.61 Å². The minimum Gasteiger partial charge on any atom is -0.298 e. The lowest BCUT2D eigenvalue weighted by molar-refractivity contribution is -0.142. The fourth-order valence-electron chi connectivity index (χ4n) is 2.62. The highest BCUT2D eigenvalue weighted by atomic mass is 16.7. The number of nitrogens with zero attached hydrogens (tertiary/aromatic N) is 1. The first kappa shape index (κ1) is 6.44. The quantitative estimate of drug-likeness (QED) is 0.523. The number of fused-ring (bicyclic) bond motifs is 2. The van der Waals surface area contributed by atoms with Crippen LogP contribution >= 0.6 is 0 Å². The molecule has 1 aliphatic carbocycles. The second-order valence-electron chi connectivity index (χ2n) is 4.29. The van der Waals surface area contributed by atoms with Gasteiger partial charge in [-0.3, -0.25) is 4.84 Å². The zero-order chi connectivity index (χ0) is 7.31. The topological polar surface area (TPSA) is 12.5 Å². The molecule has 1 saturated carbocycles. The first-order chi connectivity index (χ1) is 5.41. The predicted octanol–water partition coefficient (Wildman–Crippen LogP) is 1.57. The lowest BCUT2D eigenvalue weighted by Crippen LogP contribution is -2.37. The van der Waals surface area contributed by atoms with Gasteiger partial charge in [0.2, 0.25) is 0 Å². The van der Waals surface area contributed by atoms with Crippen LogP contribution in [0.25, 0.3) is 0 Å². The van der Waals surface area contributed by atoms with E-state index in [9.17, 15) is 0 Å². The van der Waals surface area contributed by atoms with Gasteiger partial charge >= 0.3 is 0 Å². The van der Waals surface area contributed by atoms with E-state index >= 15 is 0 Å². The van der Waals surface area contributed by atoms with Gasteiger partial charge in [-0.1, -0.05) is 6.42 Å². The van der Waals surface area contributed by atoms with Crippen LogP contribution in [0.3, 0.4) is 0 Å². The summed E-state index contributed by atoms with van der Waals surface area (Å²) in [5.41, 5.74) is 0.639. The van der Waals surface area contributed by atoms with E-state index in [1.807, 2.05) is 0 Å². The molecule has 2 heteroatoms. The highest BCUT2D eigenvalue weighted by Crippen LogP contribution is 2.56. The van der Waals surface area contributed by atoms with Gasteiger partial charge in [0.25, 0.3) is 0 Å². The standard InChI is InChI=1S/C9H15NO/c1-2-6-10-8(3-1)9(4-5-9)7-11-10/h8H,1-7H2. The summed E-state index contributed by atoms with van der Waals surface area (Å²) in [6.45, 7) is 2.21. The fraction of sp³-hybridized carbons (Fsp3) is 1.00. The van der Waals surface area contributed by atoms with Crippen molar-refractivity contribution in [2.45, 2.75) is 38.1 Å². The summed E-state index contributed by atoms with van der Waals surface area (Å²) >= 11 is 0. The van der Waals surface area contributed by atoms with Crippen molar-refractivity contribution in [2.75, 3.05) is 13.2 Å². The van der Waals surface area contributed by atoms with Crippen LogP contribution in [-0.4, -0.2) is 24.3 Å². The molecule has 0 aromatic heterocycles. The average molecular weight is 153 g/mol. The van der Waals surface area contributed by atoms with Crippen LogP contribution in [0.5, 0.6) is 0 Å². The number of hydrogen-bond donors (Lipinski definition) is 0. The molecule has 0 radical (unpaired) electrons. The van der Waals surface area contributed by atoms with E-state index in [1.54, 1.807) is 0 Å². The predicted molar refractivity (Wildman–Crippen MR) is 42.0 cm³/mol. The number of piperidine rings is 1. The summed E-state index contributed by atoms with van der Waals surface area (Å²) in [4.78, 5) is 5.67. The van der Waals surface area contributed by atoms with Crippen molar-refractivity contribution in [3.63, 3.8) is 0 Å². The van der Waals surface area contributed by atoms with Crippen molar-refractivity contribution in [2.24, 2.45) is 5.41 Å². The molecule has 3 fully saturated rings. The maximum atomic E-state index is 5.67. The normalized spacial score (nSPS) is 40.9. The molecule has 1 unspecified atom stereocenters. The van der Waals surface area contributed by atoms with Crippen LogP contribution in [0.2, 0.25) is 0 Å². The number of hydrogen-bond acceptors (Lipinski definition) is 2. The summed E-state index contributed by atoms with van der Waals surface area (Å²) in [7, 11) is 0. The third-order valence-electron chi connectivity index (χ3n) is 3.57. The monoisotopic (exact) mass is 153 g/mol. The van der Waals surface area contributed by atoms with Gasteiger partial charge in [-0.05, 0) is 25.7 Å². The van der Waals surface area contributed by atoms with Gasteiger partial charge in [0.15, 0.2) is 0 Å². The van der Waals surface area contributed by atoms with E-state index in [-0.39, 0.29) is 0 Å². The molecule has 2 saturated heterocycles. The van der Waals surface area contributed by atoms with E-state index in [2.05, 4.69) is 5.06 Å². The minimum atomic E-state index is 0.639. The Morgan fingerprint density at radius 2 is 2.18 bits per heavy atom. The maximum absolute atomic E-state index is 5.67. The Balaban J connectivity index is 1.83. The van der Waals surface area contributed by atoms with Crippen molar-refractivity contribution >= 4 is 0 Å². The molecule has 2 heterocycles. The Morgan fingerprint density at radius 1 is 1.27 bits per heavy atom. The van der Waals surface area contributed by atoms with Gasteiger partial charge in [-0.2, -0.15) is 5.06 Å². The van der Waals surface area contributed by atoms with Gasteiger partial charge in [-0.15, -0.1) is 0 Å². The molecule has 11 heavy (non-hydrogen) atoms. The maximum Gasteiger partial charge on any atom is 0.0757 e. The third kappa shape index (κ3) is 0.798. The molecule has 62 valence electrons. The van der Waals surface area contributed by atoms with Crippen LogP contribution < -0.4 is 0 Å². The lowest BCUT2D eigenvalue weighted by atomic mass is 9.91. The molecular formula is C9H15NO. The minimum absolute atomic E-state index is 0.639. The highest BCUT2D eigenvalue weighted by molar-refractivity contribution is 5.05. The zero-order valence-electron chi connectivity index (χ0n) is 6.88. The van der Waals surface area contributed by atoms with Crippen molar-refractivity contribution in [1.29, 1.82) is 0 Å². The summed E-state index contributed by atoms with van der Waals surface area (Å²) in [6, 6.07) is 0.802. The van der Waals surface area contributed by atoms with E-state index in [1.165, 1.54) is 38.6 Å². The lowest BCUT2D eigenvalue weighted by Gasteiger charge is -2.29. The summed E-state index contributed by atoms with van der Waals surface area (Å²) in [5, 5.41) is 2.26. The summed E-state index contributed by atoms with van der Waals surface area (Å²) < 4.78 is 0. The van der Waals surface area contributed by atoms with E-state index in [4.69, 9.17) is 4.84 Å². The fourth-order valence-corrected chi connectivity index (χ4v) is 2.62. The van der Waals surface area contributed by atoms with Gasteiger partial charge < -0.3 is 0 Å². The summed E-state index contributed by atoms with van der Waals surface area (Å²) in [5.74, 6) is 0. The van der Waals surface area contributed by atoms with Crippen LogP contribution in [-0.2, 0) is 4.84 Å². The van der Waals surface area contributed by atoms with Gasteiger partial charge in [-0.25, -0.2) is 0 Å². The molecule has 1 atom stereocenters. The Bertz CT molecular complexity index is 176. The van der Waals surface area contributed by atoms with E-state index in [0.717, 1.165) is 12.6 Å². The van der Waals surface area contributed by atoms with Crippen molar-refractivity contribution in [1.82, 2.24) is 5.06 Å². The Labute approximate surface area is 67.5 Å². The molecule has 0 bridgehead atoms. The molecule has 0 aromatic rings. The largest absolute Gasteiger partial charge is 0.298 e. The van der Waals surface area contributed by atoms with E-state index < -0.39 is 0 Å². The molecule has 3 aliphatic rings. The molecular weight excluding hydrogens is 138 g/mol.